The summed E-state index contributed by atoms with van der Waals surface area (Å²) >= 11 is 0. The van der Waals surface area contributed by atoms with Gasteiger partial charge in [-0.15, -0.1) is 12.4 Å². The fourth-order valence-electron chi connectivity index (χ4n) is 6.50. The molecule has 1 aliphatic heterocycles. The molecule has 5 unspecified atom stereocenters. The van der Waals surface area contributed by atoms with Gasteiger partial charge < -0.3 is 39.5 Å². The highest BCUT2D eigenvalue weighted by atomic mass is 35.5. The number of phenols is 2. The monoisotopic (exact) mass is 605 g/mol. The molecule has 1 heterocycles. The second-order valence-corrected chi connectivity index (χ2v) is 11.3. The Labute approximate surface area is 249 Å². The van der Waals surface area contributed by atoms with E-state index in [0.717, 1.165) is 0 Å². The van der Waals surface area contributed by atoms with E-state index in [9.17, 15) is 34.8 Å². The molecular formula is C30H36ClNO10. The highest BCUT2D eigenvalue weighted by molar-refractivity contribution is 6.30. The van der Waals surface area contributed by atoms with Crippen molar-refractivity contribution >= 4 is 29.9 Å². The van der Waals surface area contributed by atoms with E-state index < -0.39 is 65.2 Å². The molecule has 4 N–H and O–H groups in total. The normalized spacial score (nSPS) is 30.2. The largest absolute Gasteiger partial charge is 0.507 e. The minimum atomic E-state index is -1.69. The molecule has 0 saturated carbocycles. The van der Waals surface area contributed by atoms with E-state index in [-0.39, 0.29) is 71.1 Å². The van der Waals surface area contributed by atoms with E-state index in [1.165, 1.54) is 31.4 Å². The zero-order valence-corrected chi connectivity index (χ0v) is 24.8. The number of halogens is 1. The number of hydrogen-bond acceptors (Lipinski definition) is 11. The van der Waals surface area contributed by atoms with Crippen molar-refractivity contribution in [1.29, 1.82) is 0 Å². The summed E-state index contributed by atoms with van der Waals surface area (Å²) in [5.41, 5.74) is -2.27. The van der Waals surface area contributed by atoms with Crippen LogP contribution in [0, 0.1) is 0 Å². The molecule has 7 atom stereocenters. The minimum Gasteiger partial charge on any atom is -0.507 e. The molecule has 1 saturated heterocycles. The number of likely N-dealkylation sites (N-methyl/N-ethyl adjacent to an activating group) is 1. The van der Waals surface area contributed by atoms with Crippen LogP contribution < -0.4 is 0 Å². The maximum absolute atomic E-state index is 13.6. The van der Waals surface area contributed by atoms with Gasteiger partial charge in [-0.25, -0.2) is 0 Å². The third-order valence-corrected chi connectivity index (χ3v) is 8.77. The van der Waals surface area contributed by atoms with E-state index in [1.807, 2.05) is 19.0 Å². The third-order valence-electron chi connectivity index (χ3n) is 8.77. The van der Waals surface area contributed by atoms with E-state index in [0.29, 0.717) is 0 Å². The Bertz CT molecular complexity index is 1430. The third kappa shape index (κ3) is 4.87. The second-order valence-electron chi connectivity index (χ2n) is 11.3. The Balaban J connectivity index is 0.00000405. The highest BCUT2D eigenvalue weighted by Gasteiger charge is 2.53. The van der Waals surface area contributed by atoms with Crippen molar-refractivity contribution in [3.8, 4) is 11.5 Å². The van der Waals surface area contributed by atoms with Gasteiger partial charge in [0.1, 0.15) is 17.4 Å². The number of aromatic hydroxyl groups is 2. The van der Waals surface area contributed by atoms with Gasteiger partial charge in [0.25, 0.3) is 0 Å². The molecule has 12 heteroatoms. The van der Waals surface area contributed by atoms with Crippen molar-refractivity contribution in [2.75, 3.05) is 21.2 Å². The van der Waals surface area contributed by atoms with Crippen LogP contribution in [0.5, 0.6) is 11.5 Å². The molecule has 0 bridgehead atoms. The van der Waals surface area contributed by atoms with Crippen LogP contribution in [0.15, 0.2) is 24.3 Å². The molecule has 228 valence electrons. The van der Waals surface area contributed by atoms with Crippen LogP contribution in [0.2, 0.25) is 0 Å². The van der Waals surface area contributed by atoms with Crippen LogP contribution in [0.4, 0.5) is 0 Å². The average Bonchev–Trinajstić information content (AvgIpc) is 2.92. The van der Waals surface area contributed by atoms with Gasteiger partial charge in [0.05, 0.1) is 42.1 Å². The number of nitrogens with zero attached hydrogens (tertiary/aromatic N) is 1. The van der Waals surface area contributed by atoms with Crippen LogP contribution in [0.25, 0.3) is 0 Å². The highest BCUT2D eigenvalue weighted by Crippen LogP contribution is 2.54. The smallest absolute Gasteiger partial charge is 0.316 e. The first-order chi connectivity index (χ1) is 19.3. The summed E-state index contributed by atoms with van der Waals surface area (Å²) in [6, 6.07) is 5.14. The Hall–Kier alpha value is -3.06. The summed E-state index contributed by atoms with van der Waals surface area (Å²) < 4.78 is 17.3. The van der Waals surface area contributed by atoms with E-state index >= 15 is 0 Å². The summed E-state index contributed by atoms with van der Waals surface area (Å²) in [6.07, 6.45) is -3.09. The van der Waals surface area contributed by atoms with Crippen LogP contribution in [-0.2, 0) is 19.0 Å². The summed E-state index contributed by atoms with van der Waals surface area (Å²) in [4.78, 5) is 42.1. The zero-order chi connectivity index (χ0) is 30.0. The quantitative estimate of drug-likeness (QED) is 0.316. The Morgan fingerprint density at radius 2 is 1.83 bits per heavy atom. The lowest BCUT2D eigenvalue weighted by atomic mass is 9.67. The Morgan fingerprint density at radius 3 is 2.45 bits per heavy atom. The number of aliphatic hydroxyl groups excluding tert-OH is 1. The molecule has 2 aromatic rings. The number of rotatable bonds is 5. The first-order valence-electron chi connectivity index (χ1n) is 13.6. The number of ketones is 2. The van der Waals surface area contributed by atoms with E-state index in [2.05, 4.69) is 0 Å². The topological polar surface area (TPSA) is 163 Å². The zero-order valence-electron chi connectivity index (χ0n) is 24.0. The number of carbonyl (C=O) groups is 3. The molecule has 2 aliphatic carbocycles. The molecule has 0 radical (unpaired) electrons. The lowest BCUT2D eigenvalue weighted by Crippen LogP contribution is -2.54. The maximum Gasteiger partial charge on any atom is 0.316 e. The number of phenolic OH excluding ortho intramolecular Hbond substituents is 2. The number of esters is 1. The fourth-order valence-corrected chi connectivity index (χ4v) is 6.50. The second kappa shape index (κ2) is 11.6. The summed E-state index contributed by atoms with van der Waals surface area (Å²) in [5, 5.41) is 44.5. The number of methoxy groups -OCH3 is 1. The van der Waals surface area contributed by atoms with E-state index in [1.54, 1.807) is 13.8 Å². The number of aliphatic hydroxyl groups is 2. The molecule has 11 nitrogen and oxygen atoms in total. The predicted molar refractivity (Wildman–Crippen MR) is 151 cm³/mol. The van der Waals surface area contributed by atoms with Gasteiger partial charge in [0, 0.05) is 35.6 Å². The van der Waals surface area contributed by atoms with Gasteiger partial charge in [-0.3, -0.25) is 14.4 Å². The van der Waals surface area contributed by atoms with Crippen LogP contribution in [-0.4, -0.2) is 94.2 Å². The van der Waals surface area contributed by atoms with E-state index in [4.69, 9.17) is 14.2 Å². The fraction of sp³-hybridized carbons (Fsp3) is 0.500. The first-order valence-corrected chi connectivity index (χ1v) is 13.6. The summed E-state index contributed by atoms with van der Waals surface area (Å²) in [5.74, 6) is -4.42. The van der Waals surface area contributed by atoms with Crippen molar-refractivity contribution in [3.63, 3.8) is 0 Å². The van der Waals surface area contributed by atoms with Gasteiger partial charge >= 0.3 is 5.97 Å². The predicted octanol–water partition coefficient (Wildman–Crippen LogP) is 2.58. The first kappa shape index (κ1) is 31.9. The molecule has 0 aromatic heterocycles. The van der Waals surface area contributed by atoms with Crippen LogP contribution in [0.3, 0.4) is 0 Å². The molecule has 0 spiro atoms. The molecule has 42 heavy (non-hydrogen) atoms. The number of carbonyl (C=O) groups excluding carboxylic acids is 3. The number of fused-ring (bicyclic) bond motifs is 3. The van der Waals surface area contributed by atoms with Gasteiger partial charge in [0.2, 0.25) is 5.78 Å². The molecule has 1 fully saturated rings. The summed E-state index contributed by atoms with van der Waals surface area (Å²) in [6.45, 7) is 3.41. The SMILES string of the molecule is CC[C@]1(O)CC(OC2CC(N(C)C)C(O)C(C)O2)c2c(cc3c(c2O)C(=O)c2c(O)cccc2C3=O)[C@@H]1C(=O)OC.Cl. The Kier molecular flexibility index (Phi) is 8.77. The molecule has 3 aliphatic rings. The molecule has 0 amide bonds. The number of hydrogen-bond donors (Lipinski definition) is 4. The molecule has 2 aromatic carbocycles. The van der Waals surface area contributed by atoms with Crippen molar-refractivity contribution in [1.82, 2.24) is 4.90 Å². The van der Waals surface area contributed by atoms with Crippen LogP contribution >= 0.6 is 12.4 Å². The van der Waals surface area contributed by atoms with Gasteiger partial charge in [-0.2, -0.15) is 0 Å². The average molecular weight is 606 g/mol. The maximum atomic E-state index is 13.6. The standard InChI is InChI=1S/C30H35NO10.ClH/c1-6-30(38)12-19(41-20-11-17(31(3)4)25(33)13(2)40-20)22-15(24(30)29(37)39-5)10-16-23(28(22)36)27(35)21-14(26(16)34)8-7-9-18(21)32;/h7-10,13,17,19-20,24-25,32-33,36,38H,6,11-12H2,1-5H3;1H/t13?,17?,19?,20?,24-,25?,30+;/m1./s1. The lowest BCUT2D eigenvalue weighted by Gasteiger charge is -2.46. The lowest BCUT2D eigenvalue weighted by molar-refractivity contribution is -0.258. The van der Waals surface area contributed by atoms with Gasteiger partial charge in [0.15, 0.2) is 12.1 Å². The van der Waals surface area contributed by atoms with Gasteiger partial charge in [-0.1, -0.05) is 19.1 Å². The number of ether oxygens (including phenoxy) is 3. The van der Waals surface area contributed by atoms with Crippen molar-refractivity contribution in [2.24, 2.45) is 0 Å². The van der Waals surface area contributed by atoms with Crippen molar-refractivity contribution < 1.29 is 49.0 Å². The summed E-state index contributed by atoms with van der Waals surface area (Å²) in [7, 11) is 4.82. The van der Waals surface area contributed by atoms with Crippen LogP contribution in [0.1, 0.15) is 88.1 Å². The Morgan fingerprint density at radius 1 is 1.14 bits per heavy atom. The van der Waals surface area contributed by atoms with Gasteiger partial charge in [-0.05, 0) is 45.1 Å². The van der Waals surface area contributed by atoms with Crippen molar-refractivity contribution in [2.45, 2.75) is 75.3 Å². The van der Waals surface area contributed by atoms with Crippen molar-refractivity contribution in [3.05, 3.63) is 57.6 Å². The minimum absolute atomic E-state index is 0. The molecule has 5 rings (SSSR count). The number of benzene rings is 2. The molecular weight excluding hydrogens is 570 g/mol.